The number of aromatic nitrogens is 2. The number of aliphatic imine (C=N–C) groups is 1. The first-order valence-electron chi connectivity index (χ1n) is 8.38. The molecule has 2 heterocycles. The van der Waals surface area contributed by atoms with Crippen LogP contribution < -0.4 is 10.6 Å². The molecule has 0 radical (unpaired) electrons. The number of carbonyl (C=O) groups excluding carboxylic acids is 1. The second-order valence-corrected chi connectivity index (χ2v) is 7.06. The monoisotopic (exact) mass is 341 g/mol. The van der Waals surface area contributed by atoms with E-state index in [1.54, 1.807) is 6.08 Å². The first kappa shape index (κ1) is 15.3. The van der Waals surface area contributed by atoms with E-state index in [1.165, 1.54) is 37.2 Å². The molecule has 2 aliphatic rings. The Labute approximate surface area is 144 Å². The van der Waals surface area contributed by atoms with E-state index < -0.39 is 0 Å². The summed E-state index contributed by atoms with van der Waals surface area (Å²) < 4.78 is 4.93. The Hall–Kier alpha value is -2.28. The number of carbonyl (C=O) groups is 1. The van der Waals surface area contributed by atoms with Crippen molar-refractivity contribution in [1.82, 2.24) is 20.2 Å². The number of nitrogens with one attached hydrogen (secondary N) is 2. The molecule has 0 unspecified atom stereocenters. The van der Waals surface area contributed by atoms with Crippen molar-refractivity contribution in [3.8, 4) is 0 Å². The summed E-state index contributed by atoms with van der Waals surface area (Å²) in [5.41, 5.74) is 2.23. The Bertz CT molecular complexity index is 817. The van der Waals surface area contributed by atoms with Gasteiger partial charge < -0.3 is 5.32 Å². The van der Waals surface area contributed by atoms with E-state index in [4.69, 9.17) is 0 Å². The van der Waals surface area contributed by atoms with Gasteiger partial charge >= 0.3 is 0 Å². The zero-order chi connectivity index (χ0) is 16.4. The lowest BCUT2D eigenvalue weighted by molar-refractivity contribution is -0.115. The van der Waals surface area contributed by atoms with Crippen LogP contribution >= 0.6 is 11.5 Å². The standard InChI is InChI=1S/C17H19N5OS/c23-16-14(9-11-7-8-13-15(10-11)24-22-21-13)19-17(20-16)18-12-5-3-1-2-4-6-12/h7-10,12H,1-6H2,(H2,18,19,20,23)/b14-9-. The van der Waals surface area contributed by atoms with Gasteiger partial charge in [0.05, 0.1) is 4.70 Å². The van der Waals surface area contributed by atoms with Gasteiger partial charge in [0.15, 0.2) is 0 Å². The average molecular weight is 341 g/mol. The number of hydrogen-bond acceptors (Lipinski definition) is 6. The highest BCUT2D eigenvalue weighted by atomic mass is 32.1. The van der Waals surface area contributed by atoms with Crippen LogP contribution in [0.1, 0.15) is 44.1 Å². The first-order chi connectivity index (χ1) is 11.8. The van der Waals surface area contributed by atoms with Crippen molar-refractivity contribution in [2.45, 2.75) is 44.6 Å². The van der Waals surface area contributed by atoms with E-state index in [-0.39, 0.29) is 5.91 Å². The van der Waals surface area contributed by atoms with Crippen molar-refractivity contribution in [2.75, 3.05) is 0 Å². The van der Waals surface area contributed by atoms with Gasteiger partial charge in [-0.2, -0.15) is 0 Å². The molecule has 7 heteroatoms. The molecule has 1 saturated carbocycles. The van der Waals surface area contributed by atoms with Gasteiger partial charge in [0.1, 0.15) is 11.2 Å². The molecule has 1 fully saturated rings. The number of hydrogen-bond donors (Lipinski definition) is 2. The van der Waals surface area contributed by atoms with Crippen LogP contribution in [0, 0.1) is 0 Å². The third-order valence-corrected chi connectivity index (χ3v) is 5.15. The van der Waals surface area contributed by atoms with Gasteiger partial charge in [0.25, 0.3) is 5.91 Å². The van der Waals surface area contributed by atoms with Crippen molar-refractivity contribution in [3.05, 3.63) is 29.5 Å². The van der Waals surface area contributed by atoms with Crippen molar-refractivity contribution in [2.24, 2.45) is 4.99 Å². The van der Waals surface area contributed by atoms with Gasteiger partial charge in [-0.15, -0.1) is 5.10 Å². The molecule has 6 nitrogen and oxygen atoms in total. The predicted octanol–water partition coefficient (Wildman–Crippen LogP) is 2.83. The average Bonchev–Trinajstić information content (AvgIpc) is 3.07. The van der Waals surface area contributed by atoms with Gasteiger partial charge in [-0.25, -0.2) is 4.99 Å². The summed E-state index contributed by atoms with van der Waals surface area (Å²) in [5.74, 6) is 0.423. The number of rotatable bonds is 2. The Morgan fingerprint density at radius 1 is 1.21 bits per heavy atom. The van der Waals surface area contributed by atoms with Gasteiger partial charge in [-0.1, -0.05) is 36.2 Å². The molecule has 1 aliphatic carbocycles. The van der Waals surface area contributed by atoms with Crippen LogP contribution in [0.15, 0.2) is 28.9 Å². The molecule has 2 N–H and O–H groups in total. The molecule has 0 saturated heterocycles. The third-order valence-electron chi connectivity index (χ3n) is 4.47. The largest absolute Gasteiger partial charge is 0.353 e. The maximum absolute atomic E-state index is 12.2. The predicted molar refractivity (Wildman–Crippen MR) is 95.6 cm³/mol. The smallest absolute Gasteiger partial charge is 0.276 e. The molecule has 4 rings (SSSR count). The maximum Gasteiger partial charge on any atom is 0.276 e. The van der Waals surface area contributed by atoms with Crippen molar-refractivity contribution < 1.29 is 4.79 Å². The number of benzene rings is 1. The number of amides is 1. The number of guanidine groups is 1. The third kappa shape index (κ3) is 3.31. The lowest BCUT2D eigenvalue weighted by Gasteiger charge is -2.16. The first-order valence-corrected chi connectivity index (χ1v) is 9.16. The molecule has 1 aliphatic heterocycles. The summed E-state index contributed by atoms with van der Waals surface area (Å²) in [6.45, 7) is 0. The highest BCUT2D eigenvalue weighted by Crippen LogP contribution is 2.21. The minimum atomic E-state index is -0.159. The van der Waals surface area contributed by atoms with Crippen LogP contribution in [0.4, 0.5) is 0 Å². The minimum absolute atomic E-state index is 0.159. The molecule has 1 aromatic heterocycles. The fraction of sp³-hybridized carbons (Fsp3) is 0.412. The topological polar surface area (TPSA) is 79.3 Å². The SMILES string of the molecule is O=C1NC(NC2CCCCCC2)=N/C1=C\c1ccc2nnsc2c1. The second-order valence-electron chi connectivity index (χ2n) is 6.28. The molecule has 2 aromatic rings. The molecule has 0 bridgehead atoms. The van der Waals surface area contributed by atoms with Crippen LogP contribution in [-0.4, -0.2) is 27.5 Å². The molecule has 1 amide bonds. The normalized spacial score (nSPS) is 20.9. The van der Waals surface area contributed by atoms with E-state index >= 15 is 0 Å². The van der Waals surface area contributed by atoms with Gasteiger partial charge in [0.2, 0.25) is 5.96 Å². The summed E-state index contributed by atoms with van der Waals surface area (Å²) in [7, 11) is 0. The quantitative estimate of drug-likeness (QED) is 0.650. The van der Waals surface area contributed by atoms with Crippen LogP contribution in [0.5, 0.6) is 0 Å². The summed E-state index contributed by atoms with van der Waals surface area (Å²) in [6.07, 6.45) is 9.17. The zero-order valence-corrected chi connectivity index (χ0v) is 14.1. The Kier molecular flexibility index (Phi) is 4.25. The molecule has 0 atom stereocenters. The molecule has 24 heavy (non-hydrogen) atoms. The van der Waals surface area contributed by atoms with E-state index in [9.17, 15) is 4.79 Å². The summed E-state index contributed by atoms with van der Waals surface area (Å²) >= 11 is 1.35. The van der Waals surface area contributed by atoms with Crippen molar-refractivity contribution in [1.29, 1.82) is 0 Å². The summed E-state index contributed by atoms with van der Waals surface area (Å²) in [5, 5.41) is 10.2. The molecule has 1 aromatic carbocycles. The Morgan fingerprint density at radius 2 is 2.04 bits per heavy atom. The summed E-state index contributed by atoms with van der Waals surface area (Å²) in [4.78, 5) is 16.6. The zero-order valence-electron chi connectivity index (χ0n) is 13.3. The maximum atomic E-state index is 12.2. The van der Waals surface area contributed by atoms with E-state index in [2.05, 4.69) is 25.2 Å². The van der Waals surface area contributed by atoms with Gasteiger partial charge in [-0.05, 0) is 48.1 Å². The second kappa shape index (κ2) is 6.68. The van der Waals surface area contributed by atoms with Crippen LogP contribution in [0.25, 0.3) is 16.3 Å². The number of fused-ring (bicyclic) bond motifs is 1. The number of nitrogens with zero attached hydrogens (tertiary/aromatic N) is 3. The minimum Gasteiger partial charge on any atom is -0.353 e. The van der Waals surface area contributed by atoms with Crippen LogP contribution in [0.2, 0.25) is 0 Å². The molecule has 124 valence electrons. The molecular formula is C17H19N5OS. The fourth-order valence-corrected chi connectivity index (χ4v) is 3.80. The van der Waals surface area contributed by atoms with E-state index in [1.807, 2.05) is 18.2 Å². The summed E-state index contributed by atoms with van der Waals surface area (Å²) in [6, 6.07) is 6.22. The molecule has 0 spiro atoms. The lowest BCUT2D eigenvalue weighted by atomic mass is 10.1. The highest BCUT2D eigenvalue weighted by Gasteiger charge is 2.22. The fourth-order valence-electron chi connectivity index (χ4n) is 3.20. The highest BCUT2D eigenvalue weighted by molar-refractivity contribution is 7.12. The van der Waals surface area contributed by atoms with Crippen molar-refractivity contribution >= 4 is 39.7 Å². The van der Waals surface area contributed by atoms with Crippen LogP contribution in [0.3, 0.4) is 0 Å². The van der Waals surface area contributed by atoms with E-state index in [0.29, 0.717) is 17.7 Å². The van der Waals surface area contributed by atoms with Gasteiger partial charge in [-0.3, -0.25) is 10.1 Å². The van der Waals surface area contributed by atoms with Gasteiger partial charge in [0, 0.05) is 6.04 Å². The lowest BCUT2D eigenvalue weighted by Crippen LogP contribution is -2.42. The van der Waals surface area contributed by atoms with Crippen LogP contribution in [-0.2, 0) is 4.79 Å². The molecular weight excluding hydrogens is 322 g/mol. The Morgan fingerprint density at radius 3 is 2.88 bits per heavy atom. The Balaban J connectivity index is 1.51. The van der Waals surface area contributed by atoms with Crippen molar-refractivity contribution in [3.63, 3.8) is 0 Å². The van der Waals surface area contributed by atoms with E-state index in [0.717, 1.165) is 28.6 Å².